The van der Waals surface area contributed by atoms with E-state index in [9.17, 15) is 9.59 Å². The highest BCUT2D eigenvalue weighted by molar-refractivity contribution is 5.94. The van der Waals surface area contributed by atoms with Gasteiger partial charge in [0.1, 0.15) is 0 Å². The number of piperidine rings is 2. The van der Waals surface area contributed by atoms with Crippen LogP contribution < -0.4 is 10.6 Å². The van der Waals surface area contributed by atoms with Gasteiger partial charge in [0.25, 0.3) is 5.91 Å². The summed E-state index contributed by atoms with van der Waals surface area (Å²) in [7, 11) is 0. The van der Waals surface area contributed by atoms with Crippen LogP contribution in [0.4, 0.5) is 0 Å². The Hall–Kier alpha value is -1.59. The first kappa shape index (κ1) is 19.7. The molecule has 0 aromatic heterocycles. The summed E-state index contributed by atoms with van der Waals surface area (Å²) in [4.78, 5) is 26.8. The van der Waals surface area contributed by atoms with Gasteiger partial charge in [-0.1, -0.05) is 18.2 Å². The van der Waals surface area contributed by atoms with Gasteiger partial charge in [-0.15, -0.1) is 12.4 Å². The molecule has 2 aliphatic heterocycles. The molecule has 2 N–H and O–H groups in total. The number of carbonyl (C=O) groups excluding carboxylic acids is 2. The van der Waals surface area contributed by atoms with Crippen LogP contribution in [0.2, 0.25) is 0 Å². The molecule has 1 aromatic carbocycles. The Morgan fingerprint density at radius 3 is 2.44 bits per heavy atom. The molecule has 0 saturated carbocycles. The van der Waals surface area contributed by atoms with E-state index in [-0.39, 0.29) is 36.2 Å². The number of benzene rings is 1. The maximum atomic E-state index is 12.5. The van der Waals surface area contributed by atoms with Crippen molar-refractivity contribution in [1.82, 2.24) is 15.5 Å². The maximum absolute atomic E-state index is 12.5. The van der Waals surface area contributed by atoms with E-state index < -0.39 is 0 Å². The Morgan fingerprint density at radius 2 is 1.80 bits per heavy atom. The highest BCUT2D eigenvalue weighted by atomic mass is 35.5. The van der Waals surface area contributed by atoms with E-state index in [1.54, 1.807) is 0 Å². The van der Waals surface area contributed by atoms with E-state index in [2.05, 4.69) is 17.6 Å². The molecule has 2 saturated heterocycles. The lowest BCUT2D eigenvalue weighted by atomic mass is 9.93. The first-order valence-corrected chi connectivity index (χ1v) is 9.03. The second kappa shape index (κ2) is 9.20. The van der Waals surface area contributed by atoms with Crippen LogP contribution in [0.5, 0.6) is 0 Å². The lowest BCUT2D eigenvalue weighted by Crippen LogP contribution is -2.54. The Balaban J connectivity index is 0.00000225. The molecular weight excluding hydrogens is 338 g/mol. The Labute approximate surface area is 155 Å². The van der Waals surface area contributed by atoms with Gasteiger partial charge < -0.3 is 15.5 Å². The summed E-state index contributed by atoms with van der Waals surface area (Å²) in [6.45, 7) is 4.48. The SMILES string of the molecule is CC1NCCCC1NC(=O)C1CCN(C(=O)c2ccccc2)CC1.Cl. The highest BCUT2D eigenvalue weighted by Crippen LogP contribution is 2.20. The van der Waals surface area contributed by atoms with E-state index in [4.69, 9.17) is 0 Å². The highest BCUT2D eigenvalue weighted by Gasteiger charge is 2.30. The molecule has 2 fully saturated rings. The lowest BCUT2D eigenvalue weighted by molar-refractivity contribution is -0.127. The number of hydrogen-bond acceptors (Lipinski definition) is 3. The minimum Gasteiger partial charge on any atom is -0.352 e. The van der Waals surface area contributed by atoms with Crippen molar-refractivity contribution in [2.45, 2.75) is 44.7 Å². The first-order chi connectivity index (χ1) is 11.6. The van der Waals surface area contributed by atoms with Crippen LogP contribution in [-0.2, 0) is 4.79 Å². The van der Waals surface area contributed by atoms with Crippen LogP contribution in [0.3, 0.4) is 0 Å². The third-order valence-electron chi connectivity index (χ3n) is 5.26. The third kappa shape index (κ3) is 4.95. The van der Waals surface area contributed by atoms with Gasteiger partial charge in [0.15, 0.2) is 0 Å². The number of halogens is 1. The summed E-state index contributed by atoms with van der Waals surface area (Å²) in [6, 6.07) is 9.93. The van der Waals surface area contributed by atoms with Gasteiger partial charge in [-0.3, -0.25) is 9.59 Å². The largest absolute Gasteiger partial charge is 0.352 e. The summed E-state index contributed by atoms with van der Waals surface area (Å²) in [5.74, 6) is 0.251. The number of nitrogens with one attached hydrogen (secondary N) is 2. The van der Waals surface area contributed by atoms with Crippen LogP contribution >= 0.6 is 12.4 Å². The fraction of sp³-hybridized carbons (Fsp3) is 0.579. The van der Waals surface area contributed by atoms with Crippen molar-refractivity contribution in [2.24, 2.45) is 5.92 Å². The number of hydrogen-bond donors (Lipinski definition) is 2. The van der Waals surface area contributed by atoms with Gasteiger partial charge >= 0.3 is 0 Å². The molecule has 2 heterocycles. The first-order valence-electron chi connectivity index (χ1n) is 9.03. The molecule has 2 atom stereocenters. The van der Waals surface area contributed by atoms with Gasteiger partial charge in [0.2, 0.25) is 5.91 Å². The van der Waals surface area contributed by atoms with E-state index >= 15 is 0 Å². The van der Waals surface area contributed by atoms with Gasteiger partial charge in [-0.2, -0.15) is 0 Å². The van der Waals surface area contributed by atoms with Crippen LogP contribution in [0.25, 0.3) is 0 Å². The molecule has 0 bridgehead atoms. The molecule has 3 rings (SSSR count). The van der Waals surface area contributed by atoms with Gasteiger partial charge in [-0.25, -0.2) is 0 Å². The molecule has 2 aliphatic rings. The smallest absolute Gasteiger partial charge is 0.253 e. The van der Waals surface area contributed by atoms with E-state index in [0.29, 0.717) is 19.1 Å². The van der Waals surface area contributed by atoms with Crippen molar-refractivity contribution in [3.63, 3.8) is 0 Å². The maximum Gasteiger partial charge on any atom is 0.253 e. The second-order valence-electron chi connectivity index (χ2n) is 6.93. The average Bonchev–Trinajstić information content (AvgIpc) is 2.64. The summed E-state index contributed by atoms with van der Waals surface area (Å²) in [5, 5.41) is 6.62. The zero-order valence-electron chi connectivity index (χ0n) is 14.7. The molecule has 1 aromatic rings. The zero-order valence-corrected chi connectivity index (χ0v) is 15.6. The summed E-state index contributed by atoms with van der Waals surface area (Å²) in [6.07, 6.45) is 3.66. The number of nitrogens with zero attached hydrogens (tertiary/aromatic N) is 1. The molecule has 5 nitrogen and oxygen atoms in total. The summed E-state index contributed by atoms with van der Waals surface area (Å²) >= 11 is 0. The Morgan fingerprint density at radius 1 is 1.12 bits per heavy atom. The van der Waals surface area contributed by atoms with Crippen molar-refractivity contribution in [1.29, 1.82) is 0 Å². The molecule has 6 heteroatoms. The predicted octanol–water partition coefficient (Wildman–Crippen LogP) is 2.22. The molecule has 2 amide bonds. The van der Waals surface area contributed by atoms with Crippen molar-refractivity contribution >= 4 is 24.2 Å². The van der Waals surface area contributed by atoms with E-state index in [1.165, 1.54) is 0 Å². The summed E-state index contributed by atoms with van der Waals surface area (Å²) in [5.41, 5.74) is 0.725. The molecule has 0 spiro atoms. The number of likely N-dealkylation sites (tertiary alicyclic amines) is 1. The monoisotopic (exact) mass is 365 g/mol. The molecule has 138 valence electrons. The fourth-order valence-electron chi connectivity index (χ4n) is 3.65. The van der Waals surface area contributed by atoms with E-state index in [0.717, 1.165) is 37.8 Å². The quantitative estimate of drug-likeness (QED) is 0.863. The number of rotatable bonds is 3. The van der Waals surface area contributed by atoms with Crippen LogP contribution in [0.1, 0.15) is 43.0 Å². The topological polar surface area (TPSA) is 61.4 Å². The number of amides is 2. The minimum absolute atomic E-state index is 0. The van der Waals surface area contributed by atoms with Crippen LogP contribution in [0, 0.1) is 5.92 Å². The zero-order chi connectivity index (χ0) is 16.9. The Bertz CT molecular complexity index is 573. The van der Waals surface area contributed by atoms with Gasteiger partial charge in [0.05, 0.1) is 0 Å². The van der Waals surface area contributed by atoms with Crippen LogP contribution in [-0.4, -0.2) is 48.4 Å². The van der Waals surface area contributed by atoms with Crippen molar-refractivity contribution in [3.8, 4) is 0 Å². The van der Waals surface area contributed by atoms with Gasteiger partial charge in [0, 0.05) is 36.7 Å². The molecular formula is C19H28ClN3O2. The van der Waals surface area contributed by atoms with Crippen molar-refractivity contribution in [2.75, 3.05) is 19.6 Å². The molecule has 2 unspecified atom stereocenters. The molecule has 25 heavy (non-hydrogen) atoms. The average molecular weight is 366 g/mol. The van der Waals surface area contributed by atoms with Gasteiger partial charge in [-0.05, 0) is 51.3 Å². The predicted molar refractivity (Wildman–Crippen MR) is 101 cm³/mol. The molecule has 0 radical (unpaired) electrons. The minimum atomic E-state index is 0. The van der Waals surface area contributed by atoms with Crippen LogP contribution in [0.15, 0.2) is 30.3 Å². The lowest BCUT2D eigenvalue weighted by Gasteiger charge is -2.35. The molecule has 0 aliphatic carbocycles. The number of carbonyl (C=O) groups is 2. The van der Waals surface area contributed by atoms with E-state index in [1.807, 2.05) is 35.2 Å². The Kier molecular flexibility index (Phi) is 7.26. The fourth-order valence-corrected chi connectivity index (χ4v) is 3.65. The standard InChI is InChI=1S/C19H27N3O2.ClH/c1-14-17(8-5-11-20-14)21-18(23)15-9-12-22(13-10-15)19(24)16-6-3-2-4-7-16;/h2-4,6-7,14-15,17,20H,5,8-13H2,1H3,(H,21,23);1H. The normalized spacial score (nSPS) is 24.3. The van der Waals surface area contributed by atoms with Crippen molar-refractivity contribution in [3.05, 3.63) is 35.9 Å². The second-order valence-corrected chi connectivity index (χ2v) is 6.93. The van der Waals surface area contributed by atoms with Crippen molar-refractivity contribution < 1.29 is 9.59 Å². The third-order valence-corrected chi connectivity index (χ3v) is 5.26. The summed E-state index contributed by atoms with van der Waals surface area (Å²) < 4.78 is 0.